The highest BCUT2D eigenvalue weighted by Crippen LogP contribution is 2.24. The van der Waals surface area contributed by atoms with E-state index in [1.165, 1.54) is 4.68 Å². The second kappa shape index (κ2) is 7.13. The molecule has 0 atom stereocenters. The van der Waals surface area contributed by atoms with Crippen LogP contribution in [0.3, 0.4) is 0 Å². The fourth-order valence-electron chi connectivity index (χ4n) is 2.26. The molecule has 3 rings (SSSR count). The first kappa shape index (κ1) is 17.3. The van der Waals surface area contributed by atoms with Crippen LogP contribution in [0, 0.1) is 6.92 Å². The number of benzene rings is 2. The van der Waals surface area contributed by atoms with Crippen molar-refractivity contribution in [3.63, 3.8) is 0 Å². The molecule has 0 bridgehead atoms. The van der Waals surface area contributed by atoms with Gasteiger partial charge in [-0.2, -0.15) is 0 Å². The largest absolute Gasteiger partial charge is 0.382 e. The van der Waals surface area contributed by atoms with E-state index in [0.29, 0.717) is 22.3 Å². The number of nitrogens with one attached hydrogen (secondary N) is 1. The minimum absolute atomic E-state index is 0.0469. The van der Waals surface area contributed by atoms with Gasteiger partial charge in [0.1, 0.15) is 0 Å². The fraction of sp³-hybridized carbons (Fsp3) is 0.118. The predicted octanol–water partition coefficient (Wildman–Crippen LogP) is 3.78. The molecule has 0 aliphatic rings. The standard InChI is InChI=1S/C17H15Cl2N5O/c1-10-2-7-14(13(19)8-10)21-17(25)15-16(20)24(23-22-15)9-11-3-5-12(18)6-4-11/h2-8H,9,20H2,1H3,(H,21,25). The molecule has 8 heteroatoms. The monoisotopic (exact) mass is 375 g/mol. The second-order valence-electron chi connectivity index (χ2n) is 5.54. The number of anilines is 2. The van der Waals surface area contributed by atoms with Gasteiger partial charge in [0.05, 0.1) is 17.3 Å². The van der Waals surface area contributed by atoms with Crippen LogP contribution in [0.1, 0.15) is 21.6 Å². The van der Waals surface area contributed by atoms with E-state index in [1.54, 1.807) is 24.3 Å². The second-order valence-corrected chi connectivity index (χ2v) is 6.39. The van der Waals surface area contributed by atoms with Crippen molar-refractivity contribution in [2.24, 2.45) is 0 Å². The molecule has 3 aromatic rings. The maximum atomic E-state index is 12.4. The van der Waals surface area contributed by atoms with Crippen LogP contribution in [0.5, 0.6) is 0 Å². The Kier molecular flexibility index (Phi) is 4.92. The predicted molar refractivity (Wildman–Crippen MR) is 99.1 cm³/mol. The number of carbonyl (C=O) groups excluding carboxylic acids is 1. The number of nitrogens with two attached hydrogens (primary N) is 1. The molecule has 25 heavy (non-hydrogen) atoms. The van der Waals surface area contributed by atoms with Crippen LogP contribution in [-0.2, 0) is 6.54 Å². The van der Waals surface area contributed by atoms with Gasteiger partial charge in [-0.1, -0.05) is 46.6 Å². The van der Waals surface area contributed by atoms with E-state index < -0.39 is 5.91 Å². The van der Waals surface area contributed by atoms with E-state index in [9.17, 15) is 4.79 Å². The number of rotatable bonds is 4. The van der Waals surface area contributed by atoms with Crippen LogP contribution >= 0.6 is 23.2 Å². The molecule has 0 radical (unpaired) electrons. The summed E-state index contributed by atoms with van der Waals surface area (Å²) in [5.41, 5.74) is 8.49. The van der Waals surface area contributed by atoms with Gasteiger partial charge in [-0.25, -0.2) is 4.68 Å². The van der Waals surface area contributed by atoms with Gasteiger partial charge in [0, 0.05) is 5.02 Å². The quantitative estimate of drug-likeness (QED) is 0.726. The van der Waals surface area contributed by atoms with Gasteiger partial charge in [0.25, 0.3) is 5.91 Å². The van der Waals surface area contributed by atoms with Crippen molar-refractivity contribution >= 4 is 40.6 Å². The van der Waals surface area contributed by atoms with Gasteiger partial charge < -0.3 is 11.1 Å². The van der Waals surface area contributed by atoms with Gasteiger partial charge >= 0.3 is 0 Å². The van der Waals surface area contributed by atoms with E-state index in [-0.39, 0.29) is 11.5 Å². The number of aromatic nitrogens is 3. The molecule has 0 saturated carbocycles. The first-order valence-electron chi connectivity index (χ1n) is 7.45. The average molecular weight is 376 g/mol. The molecular weight excluding hydrogens is 361 g/mol. The zero-order chi connectivity index (χ0) is 18.0. The Hall–Kier alpha value is -2.57. The van der Waals surface area contributed by atoms with Crippen LogP contribution in [0.2, 0.25) is 10.0 Å². The molecule has 0 spiro atoms. The Bertz CT molecular complexity index is 921. The van der Waals surface area contributed by atoms with Crippen LogP contribution in [0.15, 0.2) is 42.5 Å². The summed E-state index contributed by atoms with van der Waals surface area (Å²) in [4.78, 5) is 12.4. The molecule has 0 fully saturated rings. The Morgan fingerprint density at radius 2 is 1.92 bits per heavy atom. The summed E-state index contributed by atoms with van der Waals surface area (Å²) in [6.07, 6.45) is 0. The van der Waals surface area contributed by atoms with Crippen molar-refractivity contribution in [1.82, 2.24) is 15.0 Å². The lowest BCUT2D eigenvalue weighted by Crippen LogP contribution is -2.15. The molecule has 1 heterocycles. The summed E-state index contributed by atoms with van der Waals surface area (Å²) in [5.74, 6) is -0.290. The van der Waals surface area contributed by atoms with Crippen molar-refractivity contribution < 1.29 is 4.79 Å². The molecule has 6 nitrogen and oxygen atoms in total. The molecule has 128 valence electrons. The third kappa shape index (κ3) is 3.92. The number of carbonyl (C=O) groups is 1. The SMILES string of the molecule is Cc1ccc(NC(=O)c2nnn(Cc3ccc(Cl)cc3)c2N)c(Cl)c1. The molecule has 2 aromatic carbocycles. The zero-order valence-electron chi connectivity index (χ0n) is 13.3. The van der Waals surface area contributed by atoms with E-state index in [0.717, 1.165) is 11.1 Å². The lowest BCUT2D eigenvalue weighted by atomic mass is 10.2. The third-order valence-corrected chi connectivity index (χ3v) is 4.17. The van der Waals surface area contributed by atoms with E-state index in [2.05, 4.69) is 15.6 Å². The number of amides is 1. The Morgan fingerprint density at radius 1 is 1.20 bits per heavy atom. The molecule has 1 aromatic heterocycles. The highest BCUT2D eigenvalue weighted by molar-refractivity contribution is 6.34. The number of nitrogen functional groups attached to an aromatic ring is 1. The van der Waals surface area contributed by atoms with Gasteiger partial charge in [0.15, 0.2) is 11.5 Å². The van der Waals surface area contributed by atoms with E-state index >= 15 is 0 Å². The summed E-state index contributed by atoms with van der Waals surface area (Å²) in [6.45, 7) is 2.30. The van der Waals surface area contributed by atoms with Gasteiger partial charge in [-0.15, -0.1) is 5.10 Å². The first-order chi connectivity index (χ1) is 11.9. The fourth-order valence-corrected chi connectivity index (χ4v) is 2.67. The number of aryl methyl sites for hydroxylation is 1. The summed E-state index contributed by atoms with van der Waals surface area (Å²) in [6, 6.07) is 12.6. The van der Waals surface area contributed by atoms with Crippen LogP contribution in [0.25, 0.3) is 0 Å². The minimum atomic E-state index is -0.467. The Morgan fingerprint density at radius 3 is 2.60 bits per heavy atom. The molecule has 0 saturated heterocycles. The number of hydrogen-bond donors (Lipinski definition) is 2. The molecular formula is C17H15Cl2N5O. The van der Waals surface area contributed by atoms with E-state index in [1.807, 2.05) is 25.1 Å². The topological polar surface area (TPSA) is 85.8 Å². The first-order valence-corrected chi connectivity index (χ1v) is 8.20. The van der Waals surface area contributed by atoms with Crippen LogP contribution in [0.4, 0.5) is 11.5 Å². The summed E-state index contributed by atoms with van der Waals surface area (Å²) in [7, 11) is 0. The molecule has 0 unspecified atom stereocenters. The Labute approximate surface area is 154 Å². The lowest BCUT2D eigenvalue weighted by molar-refractivity contribution is 0.102. The summed E-state index contributed by atoms with van der Waals surface area (Å²) in [5, 5.41) is 11.6. The highest BCUT2D eigenvalue weighted by Gasteiger charge is 2.18. The van der Waals surface area contributed by atoms with E-state index in [4.69, 9.17) is 28.9 Å². The zero-order valence-corrected chi connectivity index (χ0v) is 14.8. The van der Waals surface area contributed by atoms with Crippen molar-refractivity contribution in [3.05, 3.63) is 69.3 Å². The van der Waals surface area contributed by atoms with Crippen LogP contribution in [-0.4, -0.2) is 20.9 Å². The van der Waals surface area contributed by atoms with Crippen molar-refractivity contribution in [2.45, 2.75) is 13.5 Å². The van der Waals surface area contributed by atoms with Gasteiger partial charge in [-0.05, 0) is 42.3 Å². The van der Waals surface area contributed by atoms with Crippen molar-refractivity contribution in [2.75, 3.05) is 11.1 Å². The number of halogens is 2. The number of nitrogens with zero attached hydrogens (tertiary/aromatic N) is 3. The normalized spacial score (nSPS) is 10.7. The molecule has 1 amide bonds. The van der Waals surface area contributed by atoms with Crippen LogP contribution < -0.4 is 11.1 Å². The third-order valence-electron chi connectivity index (χ3n) is 3.61. The molecule has 0 aliphatic heterocycles. The van der Waals surface area contributed by atoms with Crippen molar-refractivity contribution in [1.29, 1.82) is 0 Å². The maximum Gasteiger partial charge on any atom is 0.280 e. The Balaban J connectivity index is 1.77. The highest BCUT2D eigenvalue weighted by atomic mass is 35.5. The lowest BCUT2D eigenvalue weighted by Gasteiger charge is -2.07. The summed E-state index contributed by atoms with van der Waals surface area (Å²) >= 11 is 12.0. The van der Waals surface area contributed by atoms with Gasteiger partial charge in [-0.3, -0.25) is 4.79 Å². The maximum absolute atomic E-state index is 12.4. The minimum Gasteiger partial charge on any atom is -0.382 e. The average Bonchev–Trinajstić information content (AvgIpc) is 2.93. The molecule has 0 aliphatic carbocycles. The van der Waals surface area contributed by atoms with Crippen molar-refractivity contribution in [3.8, 4) is 0 Å². The summed E-state index contributed by atoms with van der Waals surface area (Å²) < 4.78 is 1.45. The smallest absolute Gasteiger partial charge is 0.280 e. The molecule has 3 N–H and O–H groups in total. The number of hydrogen-bond acceptors (Lipinski definition) is 4. The van der Waals surface area contributed by atoms with Gasteiger partial charge in [0.2, 0.25) is 0 Å².